The van der Waals surface area contributed by atoms with Crippen LogP contribution in [0.15, 0.2) is 0 Å². The van der Waals surface area contributed by atoms with Gasteiger partial charge in [0.1, 0.15) is 0 Å². The molecule has 0 atom stereocenters. The molecular weight excluding hydrogens is 352 g/mol. The van der Waals surface area contributed by atoms with Gasteiger partial charge in [-0.2, -0.15) is 17.0 Å². The Kier molecular flexibility index (Phi) is 6.96. The first-order valence-electron chi connectivity index (χ1n) is 10.2. The summed E-state index contributed by atoms with van der Waals surface area (Å²) in [6.07, 6.45) is 3.71. The van der Waals surface area contributed by atoms with Crippen LogP contribution in [0.5, 0.6) is 0 Å². The maximum atomic E-state index is 12.9. The summed E-state index contributed by atoms with van der Waals surface area (Å²) < 4.78 is 34.6. The monoisotopic (exact) mass is 388 g/mol. The standard InChI is InChI=1S/C18H36N4O3S/c1-16(2)19-12-14-20(15-13-19)17-4-8-21(9-5-17)26(23,24)22-10-6-18(25-3)7-11-22/h16-18H,4-15H2,1-3H3. The molecule has 0 aromatic carbocycles. The highest BCUT2D eigenvalue weighted by Gasteiger charge is 2.36. The number of hydrogen-bond acceptors (Lipinski definition) is 5. The fraction of sp³-hybridized carbons (Fsp3) is 1.00. The SMILES string of the molecule is COC1CCN(S(=O)(=O)N2CCC(N3CCN(C(C)C)CC3)CC2)CC1. The predicted octanol–water partition coefficient (Wildman–Crippen LogP) is 0.832. The second-order valence-corrected chi connectivity index (χ2v) is 10.1. The Balaban J connectivity index is 1.47. The first-order valence-corrected chi connectivity index (χ1v) is 11.6. The molecule has 3 aliphatic heterocycles. The van der Waals surface area contributed by atoms with E-state index in [9.17, 15) is 8.42 Å². The molecule has 8 heteroatoms. The van der Waals surface area contributed by atoms with Crippen molar-refractivity contribution >= 4 is 10.2 Å². The van der Waals surface area contributed by atoms with Crippen LogP contribution >= 0.6 is 0 Å². The van der Waals surface area contributed by atoms with Gasteiger partial charge in [0.15, 0.2) is 0 Å². The van der Waals surface area contributed by atoms with E-state index < -0.39 is 10.2 Å². The van der Waals surface area contributed by atoms with Gasteiger partial charge in [-0.3, -0.25) is 9.80 Å². The number of hydrogen-bond donors (Lipinski definition) is 0. The molecule has 0 aromatic rings. The van der Waals surface area contributed by atoms with Crippen LogP contribution in [0, 0.1) is 0 Å². The summed E-state index contributed by atoms with van der Waals surface area (Å²) in [6, 6.07) is 1.15. The molecule has 0 N–H and O–H groups in total. The zero-order valence-corrected chi connectivity index (χ0v) is 17.5. The van der Waals surface area contributed by atoms with Gasteiger partial charge in [0.2, 0.25) is 0 Å². The first-order chi connectivity index (χ1) is 12.4. The van der Waals surface area contributed by atoms with Crippen LogP contribution in [0.2, 0.25) is 0 Å². The van der Waals surface area contributed by atoms with Crippen LogP contribution in [-0.2, 0) is 14.9 Å². The fourth-order valence-corrected chi connectivity index (χ4v) is 6.19. The second-order valence-electron chi connectivity index (χ2n) is 8.14. The lowest BCUT2D eigenvalue weighted by molar-refractivity contribution is 0.0530. The summed E-state index contributed by atoms with van der Waals surface area (Å²) in [7, 11) is -1.60. The predicted molar refractivity (Wildman–Crippen MR) is 103 cm³/mol. The van der Waals surface area contributed by atoms with Gasteiger partial charge in [-0.1, -0.05) is 0 Å². The van der Waals surface area contributed by atoms with Gasteiger partial charge in [-0.05, 0) is 39.5 Å². The second kappa shape index (κ2) is 8.84. The number of piperidine rings is 2. The van der Waals surface area contributed by atoms with Crippen LogP contribution in [-0.4, -0.2) is 104 Å². The molecule has 3 saturated heterocycles. The van der Waals surface area contributed by atoms with E-state index in [1.807, 2.05) is 0 Å². The van der Waals surface area contributed by atoms with Crippen molar-refractivity contribution in [3.63, 3.8) is 0 Å². The zero-order valence-electron chi connectivity index (χ0n) is 16.6. The molecule has 0 amide bonds. The van der Waals surface area contributed by atoms with E-state index in [2.05, 4.69) is 23.6 Å². The molecule has 0 spiro atoms. The Hall–Kier alpha value is -0.250. The third-order valence-electron chi connectivity index (χ3n) is 6.41. The van der Waals surface area contributed by atoms with E-state index in [1.54, 1.807) is 15.7 Å². The Bertz CT molecular complexity index is 533. The minimum atomic E-state index is -3.31. The molecule has 0 unspecified atom stereocenters. The van der Waals surface area contributed by atoms with E-state index in [0.29, 0.717) is 38.3 Å². The zero-order chi connectivity index (χ0) is 18.7. The summed E-state index contributed by atoms with van der Waals surface area (Å²) in [5, 5.41) is 0. The smallest absolute Gasteiger partial charge is 0.281 e. The highest BCUT2D eigenvalue weighted by molar-refractivity contribution is 7.86. The Labute approximate surface area is 159 Å². The number of methoxy groups -OCH3 is 1. The Morgan fingerprint density at radius 3 is 1.77 bits per heavy atom. The van der Waals surface area contributed by atoms with Gasteiger partial charge in [0.05, 0.1) is 6.10 Å². The number of piperazine rings is 1. The van der Waals surface area contributed by atoms with Gasteiger partial charge in [-0.15, -0.1) is 0 Å². The summed E-state index contributed by atoms with van der Waals surface area (Å²) in [4.78, 5) is 5.10. The summed E-state index contributed by atoms with van der Waals surface area (Å²) >= 11 is 0. The maximum absolute atomic E-state index is 12.9. The van der Waals surface area contributed by atoms with Crippen molar-refractivity contribution in [2.24, 2.45) is 0 Å². The minimum Gasteiger partial charge on any atom is -0.381 e. The number of rotatable bonds is 5. The quantitative estimate of drug-likeness (QED) is 0.698. The lowest BCUT2D eigenvalue weighted by atomic mass is 10.0. The summed E-state index contributed by atoms with van der Waals surface area (Å²) in [5.41, 5.74) is 0. The van der Waals surface area contributed by atoms with Crippen molar-refractivity contribution in [2.75, 3.05) is 59.5 Å². The van der Waals surface area contributed by atoms with Crippen molar-refractivity contribution in [1.29, 1.82) is 0 Å². The van der Waals surface area contributed by atoms with Crippen LogP contribution in [0.25, 0.3) is 0 Å². The van der Waals surface area contributed by atoms with Gasteiger partial charge < -0.3 is 4.74 Å². The maximum Gasteiger partial charge on any atom is 0.281 e. The van der Waals surface area contributed by atoms with Crippen molar-refractivity contribution < 1.29 is 13.2 Å². The van der Waals surface area contributed by atoms with Crippen molar-refractivity contribution in [2.45, 2.75) is 57.7 Å². The molecule has 0 aliphatic carbocycles. The van der Waals surface area contributed by atoms with E-state index in [0.717, 1.165) is 51.9 Å². The van der Waals surface area contributed by atoms with Gasteiger partial charge >= 0.3 is 0 Å². The third kappa shape index (κ3) is 4.59. The molecular formula is C18H36N4O3S. The molecule has 26 heavy (non-hydrogen) atoms. The summed E-state index contributed by atoms with van der Waals surface area (Å²) in [5.74, 6) is 0. The molecule has 3 fully saturated rings. The molecule has 0 saturated carbocycles. The molecule has 0 aromatic heterocycles. The molecule has 0 radical (unpaired) electrons. The lowest BCUT2D eigenvalue weighted by Crippen LogP contribution is -2.56. The lowest BCUT2D eigenvalue weighted by Gasteiger charge is -2.44. The fourth-order valence-electron chi connectivity index (χ4n) is 4.52. The average Bonchev–Trinajstić information content (AvgIpc) is 2.68. The normalized spacial score (nSPS) is 27.4. The van der Waals surface area contributed by atoms with Gasteiger partial charge in [0.25, 0.3) is 10.2 Å². The van der Waals surface area contributed by atoms with Crippen LogP contribution in [0.3, 0.4) is 0 Å². The molecule has 0 bridgehead atoms. The molecule has 3 rings (SSSR count). The van der Waals surface area contributed by atoms with E-state index >= 15 is 0 Å². The molecule has 3 aliphatic rings. The number of ether oxygens (including phenoxy) is 1. The van der Waals surface area contributed by atoms with E-state index in [4.69, 9.17) is 4.74 Å². The average molecular weight is 389 g/mol. The van der Waals surface area contributed by atoms with Crippen molar-refractivity contribution in [1.82, 2.24) is 18.4 Å². The van der Waals surface area contributed by atoms with Crippen LogP contribution in [0.4, 0.5) is 0 Å². The van der Waals surface area contributed by atoms with Gasteiger partial charge in [-0.25, -0.2) is 0 Å². The van der Waals surface area contributed by atoms with E-state index in [-0.39, 0.29) is 6.10 Å². The Morgan fingerprint density at radius 1 is 0.808 bits per heavy atom. The molecule has 152 valence electrons. The van der Waals surface area contributed by atoms with Crippen molar-refractivity contribution in [3.05, 3.63) is 0 Å². The van der Waals surface area contributed by atoms with Crippen LogP contribution in [0.1, 0.15) is 39.5 Å². The first kappa shape index (κ1) is 20.5. The van der Waals surface area contributed by atoms with Crippen molar-refractivity contribution in [3.8, 4) is 0 Å². The Morgan fingerprint density at radius 2 is 1.31 bits per heavy atom. The highest BCUT2D eigenvalue weighted by Crippen LogP contribution is 2.24. The summed E-state index contributed by atoms with van der Waals surface area (Å²) in [6.45, 7) is 11.5. The molecule has 3 heterocycles. The molecule has 7 nitrogen and oxygen atoms in total. The van der Waals surface area contributed by atoms with Crippen LogP contribution < -0.4 is 0 Å². The highest BCUT2D eigenvalue weighted by atomic mass is 32.2. The van der Waals surface area contributed by atoms with E-state index in [1.165, 1.54) is 0 Å². The number of nitrogens with zero attached hydrogens (tertiary/aromatic N) is 4. The minimum absolute atomic E-state index is 0.205. The third-order valence-corrected chi connectivity index (χ3v) is 8.44. The van der Waals surface area contributed by atoms with Gasteiger partial charge in [0, 0.05) is 71.6 Å². The largest absolute Gasteiger partial charge is 0.381 e. The topological polar surface area (TPSA) is 56.3 Å².